The number of thioether (sulfide) groups is 1. The third-order valence-electron chi connectivity index (χ3n) is 1.65. The number of rotatable bonds is 5. The van der Waals surface area contributed by atoms with Crippen LogP contribution < -0.4 is 0 Å². The Balaban J connectivity index is 2.50. The van der Waals surface area contributed by atoms with E-state index in [-0.39, 0.29) is 0 Å². The second kappa shape index (κ2) is 5.41. The number of carbonyl (C=O) groups is 1. The number of carboxylic acid groups (broad SMARTS) is 1. The largest absolute Gasteiger partial charge is 0.477 e. The maximum atomic E-state index is 10.8. The van der Waals surface area contributed by atoms with Gasteiger partial charge in [0.2, 0.25) is 0 Å². The fourth-order valence-electron chi connectivity index (χ4n) is 1.04. The number of thiophene rings is 1. The van der Waals surface area contributed by atoms with Gasteiger partial charge in [0.15, 0.2) is 0 Å². The molecule has 78 valence electrons. The van der Waals surface area contributed by atoms with Crippen molar-refractivity contribution < 1.29 is 9.90 Å². The Kier molecular flexibility index (Phi) is 4.48. The highest BCUT2D eigenvalue weighted by atomic mass is 32.2. The van der Waals surface area contributed by atoms with Crippen LogP contribution in [-0.4, -0.2) is 16.8 Å². The average Bonchev–Trinajstić information content (AvgIpc) is 2.51. The molecule has 2 nitrogen and oxygen atoms in total. The zero-order chi connectivity index (χ0) is 10.6. The first-order chi connectivity index (χ1) is 6.61. The molecule has 0 bridgehead atoms. The summed E-state index contributed by atoms with van der Waals surface area (Å²) in [6.45, 7) is 4.33. The van der Waals surface area contributed by atoms with E-state index in [0.29, 0.717) is 10.8 Å². The molecule has 1 rings (SSSR count). The first kappa shape index (κ1) is 11.6. The number of hydrogen-bond donors (Lipinski definition) is 1. The Morgan fingerprint density at radius 2 is 2.36 bits per heavy atom. The topological polar surface area (TPSA) is 37.3 Å². The van der Waals surface area contributed by atoms with Crippen LogP contribution in [0.4, 0.5) is 0 Å². The van der Waals surface area contributed by atoms with Crippen molar-refractivity contribution >= 4 is 29.1 Å². The third kappa shape index (κ3) is 3.35. The van der Waals surface area contributed by atoms with Crippen molar-refractivity contribution in [2.45, 2.75) is 19.6 Å². The molecule has 4 heteroatoms. The van der Waals surface area contributed by atoms with Crippen LogP contribution in [0.2, 0.25) is 0 Å². The van der Waals surface area contributed by atoms with E-state index in [1.54, 1.807) is 11.8 Å². The van der Waals surface area contributed by atoms with Gasteiger partial charge in [0.1, 0.15) is 4.88 Å². The third-order valence-corrected chi connectivity index (χ3v) is 4.01. The molecule has 0 atom stereocenters. The Hall–Kier alpha value is -0.480. The molecule has 0 saturated carbocycles. The van der Waals surface area contributed by atoms with Gasteiger partial charge in [-0.15, -0.1) is 11.3 Å². The van der Waals surface area contributed by atoms with Gasteiger partial charge in [-0.05, 0) is 28.7 Å². The summed E-state index contributed by atoms with van der Waals surface area (Å²) in [6.07, 6.45) is 0. The second-order valence-electron chi connectivity index (χ2n) is 3.49. The molecule has 1 aromatic rings. The van der Waals surface area contributed by atoms with Gasteiger partial charge in [-0.2, -0.15) is 11.8 Å². The predicted molar refractivity (Wildman–Crippen MR) is 62.3 cm³/mol. The van der Waals surface area contributed by atoms with Gasteiger partial charge in [-0.25, -0.2) is 4.79 Å². The van der Waals surface area contributed by atoms with Crippen LogP contribution in [0.5, 0.6) is 0 Å². The molecule has 1 heterocycles. The van der Waals surface area contributed by atoms with Crippen molar-refractivity contribution in [3.05, 3.63) is 21.9 Å². The van der Waals surface area contributed by atoms with Crippen molar-refractivity contribution in [3.63, 3.8) is 0 Å². The van der Waals surface area contributed by atoms with E-state index in [9.17, 15) is 4.79 Å². The molecule has 0 saturated heterocycles. The fraction of sp³-hybridized carbons (Fsp3) is 0.500. The molecule has 14 heavy (non-hydrogen) atoms. The highest BCUT2D eigenvalue weighted by molar-refractivity contribution is 7.98. The number of hydrogen-bond acceptors (Lipinski definition) is 3. The van der Waals surface area contributed by atoms with Gasteiger partial charge in [0.25, 0.3) is 0 Å². The molecule has 1 aromatic heterocycles. The van der Waals surface area contributed by atoms with Crippen LogP contribution in [0, 0.1) is 5.92 Å². The lowest BCUT2D eigenvalue weighted by Gasteiger charge is -2.03. The zero-order valence-corrected chi connectivity index (χ0v) is 9.95. The molecule has 0 unspecified atom stereocenters. The first-order valence-corrected chi connectivity index (χ1v) is 6.52. The number of aromatic carboxylic acids is 1. The van der Waals surface area contributed by atoms with Gasteiger partial charge in [-0.1, -0.05) is 13.8 Å². The van der Waals surface area contributed by atoms with Crippen molar-refractivity contribution in [2.24, 2.45) is 5.92 Å². The standard InChI is InChI=1S/C10H14O2S2/c1-7(2)5-13-6-8-3-4-14-9(8)10(11)12/h3-4,7H,5-6H2,1-2H3,(H,11,12). The van der Waals surface area contributed by atoms with Crippen molar-refractivity contribution in [3.8, 4) is 0 Å². The zero-order valence-electron chi connectivity index (χ0n) is 8.32. The van der Waals surface area contributed by atoms with E-state index in [0.717, 1.165) is 17.1 Å². The Labute approximate surface area is 92.3 Å². The number of carboxylic acids is 1. The van der Waals surface area contributed by atoms with Crippen molar-refractivity contribution in [1.29, 1.82) is 0 Å². The average molecular weight is 230 g/mol. The van der Waals surface area contributed by atoms with Gasteiger partial charge >= 0.3 is 5.97 Å². The minimum absolute atomic E-state index is 0.487. The maximum absolute atomic E-state index is 10.8. The van der Waals surface area contributed by atoms with E-state index in [2.05, 4.69) is 13.8 Å². The van der Waals surface area contributed by atoms with Gasteiger partial charge in [-0.3, -0.25) is 0 Å². The van der Waals surface area contributed by atoms with Crippen LogP contribution in [0.25, 0.3) is 0 Å². The molecule has 0 aliphatic rings. The Morgan fingerprint density at radius 3 is 2.93 bits per heavy atom. The van der Waals surface area contributed by atoms with Crippen molar-refractivity contribution in [2.75, 3.05) is 5.75 Å². The molecule has 1 N–H and O–H groups in total. The summed E-state index contributed by atoms with van der Waals surface area (Å²) in [5.41, 5.74) is 0.952. The van der Waals surface area contributed by atoms with Crippen LogP contribution in [-0.2, 0) is 5.75 Å². The molecule has 0 aromatic carbocycles. The predicted octanol–water partition coefficient (Wildman–Crippen LogP) is 3.34. The van der Waals surface area contributed by atoms with E-state index >= 15 is 0 Å². The summed E-state index contributed by atoms with van der Waals surface area (Å²) in [7, 11) is 0. The summed E-state index contributed by atoms with van der Waals surface area (Å²) >= 11 is 3.10. The lowest BCUT2D eigenvalue weighted by atomic mass is 10.3. The highest BCUT2D eigenvalue weighted by Crippen LogP contribution is 2.22. The van der Waals surface area contributed by atoms with Gasteiger partial charge in [0, 0.05) is 5.75 Å². The van der Waals surface area contributed by atoms with Crippen LogP contribution in [0.1, 0.15) is 29.1 Å². The van der Waals surface area contributed by atoms with E-state index < -0.39 is 5.97 Å². The molecule has 0 aliphatic heterocycles. The first-order valence-electron chi connectivity index (χ1n) is 4.48. The minimum Gasteiger partial charge on any atom is -0.477 e. The van der Waals surface area contributed by atoms with E-state index in [1.165, 1.54) is 11.3 Å². The summed E-state index contributed by atoms with van der Waals surface area (Å²) in [4.78, 5) is 11.3. The summed E-state index contributed by atoms with van der Waals surface area (Å²) in [5, 5.41) is 10.7. The Morgan fingerprint density at radius 1 is 1.64 bits per heavy atom. The van der Waals surface area contributed by atoms with Crippen LogP contribution in [0.15, 0.2) is 11.4 Å². The van der Waals surface area contributed by atoms with Gasteiger partial charge in [0.05, 0.1) is 0 Å². The van der Waals surface area contributed by atoms with Crippen LogP contribution in [0.3, 0.4) is 0 Å². The molecule has 0 spiro atoms. The minimum atomic E-state index is -0.805. The molecular formula is C10H14O2S2. The lowest BCUT2D eigenvalue weighted by Crippen LogP contribution is -1.97. The lowest BCUT2D eigenvalue weighted by molar-refractivity contribution is 0.0701. The fourth-order valence-corrected chi connectivity index (χ4v) is 2.94. The van der Waals surface area contributed by atoms with Crippen LogP contribution >= 0.6 is 23.1 Å². The smallest absolute Gasteiger partial charge is 0.346 e. The normalized spacial score (nSPS) is 10.8. The maximum Gasteiger partial charge on any atom is 0.346 e. The van der Waals surface area contributed by atoms with Crippen molar-refractivity contribution in [1.82, 2.24) is 0 Å². The SMILES string of the molecule is CC(C)CSCc1ccsc1C(=O)O. The summed E-state index contributed by atoms with van der Waals surface area (Å²) in [5.74, 6) is 1.74. The van der Waals surface area contributed by atoms with E-state index in [1.807, 2.05) is 11.4 Å². The molecule has 0 amide bonds. The quantitative estimate of drug-likeness (QED) is 0.843. The Bertz CT molecular complexity index is 305. The molecular weight excluding hydrogens is 216 g/mol. The van der Waals surface area contributed by atoms with Gasteiger partial charge < -0.3 is 5.11 Å². The molecule has 0 aliphatic carbocycles. The highest BCUT2D eigenvalue weighted by Gasteiger charge is 2.11. The summed E-state index contributed by atoms with van der Waals surface area (Å²) in [6, 6.07) is 1.90. The molecule has 0 radical (unpaired) electrons. The van der Waals surface area contributed by atoms with E-state index in [4.69, 9.17) is 5.11 Å². The summed E-state index contributed by atoms with van der Waals surface area (Å²) < 4.78 is 0. The monoisotopic (exact) mass is 230 g/mol. The second-order valence-corrected chi connectivity index (χ2v) is 5.44. The molecule has 0 fully saturated rings.